The number of carbonyl (C=O) groups is 1. The summed E-state index contributed by atoms with van der Waals surface area (Å²) in [4.78, 5) is 14.8. The Morgan fingerprint density at radius 3 is 2.19 bits per heavy atom. The first-order valence-electron chi connectivity index (χ1n) is 10.2. The highest BCUT2D eigenvalue weighted by molar-refractivity contribution is 7.89. The van der Waals surface area contributed by atoms with Gasteiger partial charge in [0.05, 0.1) is 37.1 Å². The third kappa shape index (κ3) is 5.43. The first kappa shape index (κ1) is 21.4. The molecule has 0 atom stereocenters. The lowest BCUT2D eigenvalue weighted by atomic mass is 10.3. The lowest BCUT2D eigenvalue weighted by Crippen LogP contribution is -2.32. The molecule has 1 saturated heterocycles. The van der Waals surface area contributed by atoms with E-state index in [2.05, 4.69) is 5.32 Å². The van der Waals surface area contributed by atoms with E-state index in [1.54, 1.807) is 42.9 Å². The topological polar surface area (TPSA) is 96.0 Å². The van der Waals surface area contributed by atoms with Gasteiger partial charge in [0.25, 0.3) is 0 Å². The van der Waals surface area contributed by atoms with E-state index >= 15 is 0 Å². The molecule has 1 amide bonds. The molecule has 2 aromatic heterocycles. The summed E-state index contributed by atoms with van der Waals surface area (Å²) in [7, 11) is -3.54. The van der Waals surface area contributed by atoms with Crippen LogP contribution < -0.4 is 5.32 Å². The number of sulfonamides is 1. The molecule has 1 aliphatic rings. The Bertz CT molecular complexity index is 1050. The number of hydrogen-bond acceptors (Lipinski definition) is 6. The fraction of sp³-hybridized carbons (Fsp3) is 0.318. The van der Waals surface area contributed by atoms with Gasteiger partial charge in [0, 0.05) is 18.8 Å². The van der Waals surface area contributed by atoms with Crippen molar-refractivity contribution < 1.29 is 22.0 Å². The van der Waals surface area contributed by atoms with E-state index in [4.69, 9.17) is 8.83 Å². The number of benzene rings is 1. The van der Waals surface area contributed by atoms with E-state index in [0.29, 0.717) is 31.9 Å². The van der Waals surface area contributed by atoms with Gasteiger partial charge in [-0.05, 0) is 55.3 Å². The number of hydrogen-bond donors (Lipinski definition) is 1. The van der Waals surface area contributed by atoms with Gasteiger partial charge in [0.2, 0.25) is 15.9 Å². The quantitative estimate of drug-likeness (QED) is 0.545. The zero-order chi connectivity index (χ0) is 21.7. The van der Waals surface area contributed by atoms with Crippen LogP contribution in [0, 0.1) is 0 Å². The molecule has 31 heavy (non-hydrogen) atoms. The average Bonchev–Trinajstić information content (AvgIpc) is 3.52. The van der Waals surface area contributed by atoms with Gasteiger partial charge in [-0.25, -0.2) is 8.42 Å². The van der Waals surface area contributed by atoms with Gasteiger partial charge in [-0.3, -0.25) is 9.69 Å². The summed E-state index contributed by atoms with van der Waals surface area (Å²) >= 11 is 0. The third-order valence-electron chi connectivity index (χ3n) is 5.11. The number of anilines is 1. The van der Waals surface area contributed by atoms with Gasteiger partial charge in [-0.2, -0.15) is 4.31 Å². The van der Waals surface area contributed by atoms with Crippen molar-refractivity contribution in [2.24, 2.45) is 0 Å². The Morgan fingerprint density at radius 1 is 0.968 bits per heavy atom. The minimum absolute atomic E-state index is 0.0878. The molecule has 9 heteroatoms. The SMILES string of the molecule is O=C(CN(Cc1ccco1)Cc1ccco1)Nc1cccc(S(=O)(=O)N2CCCC2)c1. The van der Waals surface area contributed by atoms with Crippen molar-refractivity contribution in [2.75, 3.05) is 25.0 Å². The van der Waals surface area contributed by atoms with Gasteiger partial charge < -0.3 is 14.2 Å². The molecule has 1 aliphatic heterocycles. The van der Waals surface area contributed by atoms with Crippen molar-refractivity contribution in [1.82, 2.24) is 9.21 Å². The van der Waals surface area contributed by atoms with Crippen LogP contribution >= 0.6 is 0 Å². The first-order chi connectivity index (χ1) is 15.0. The highest BCUT2D eigenvalue weighted by Gasteiger charge is 2.27. The van der Waals surface area contributed by atoms with Crippen molar-refractivity contribution in [3.8, 4) is 0 Å². The molecular formula is C22H25N3O5S. The molecular weight excluding hydrogens is 418 g/mol. The van der Waals surface area contributed by atoms with Gasteiger partial charge in [-0.1, -0.05) is 6.07 Å². The van der Waals surface area contributed by atoms with Gasteiger partial charge in [-0.15, -0.1) is 0 Å². The largest absolute Gasteiger partial charge is 0.468 e. The van der Waals surface area contributed by atoms with Gasteiger partial charge in [0.15, 0.2) is 0 Å². The second kappa shape index (κ2) is 9.51. The Hall–Kier alpha value is -2.88. The monoisotopic (exact) mass is 443 g/mol. The van der Waals surface area contributed by atoms with Crippen molar-refractivity contribution >= 4 is 21.6 Å². The Morgan fingerprint density at radius 2 is 1.61 bits per heavy atom. The van der Waals surface area contributed by atoms with E-state index in [9.17, 15) is 13.2 Å². The number of nitrogens with one attached hydrogen (secondary N) is 1. The maximum absolute atomic E-state index is 12.8. The molecule has 1 fully saturated rings. The van der Waals surface area contributed by atoms with Crippen LogP contribution in [-0.4, -0.2) is 43.2 Å². The average molecular weight is 444 g/mol. The lowest BCUT2D eigenvalue weighted by molar-refractivity contribution is -0.117. The first-order valence-corrected chi connectivity index (χ1v) is 11.6. The Kier molecular flexibility index (Phi) is 6.55. The number of carbonyl (C=O) groups excluding carboxylic acids is 1. The zero-order valence-corrected chi connectivity index (χ0v) is 17.9. The summed E-state index contributed by atoms with van der Waals surface area (Å²) in [6, 6.07) is 13.7. The van der Waals surface area contributed by atoms with E-state index in [1.165, 1.54) is 10.4 Å². The molecule has 0 bridgehead atoms. The third-order valence-corrected chi connectivity index (χ3v) is 7.00. The molecule has 3 heterocycles. The Labute approximate surface area is 181 Å². The summed E-state index contributed by atoms with van der Waals surface area (Å²) in [5, 5.41) is 2.81. The predicted octanol–water partition coefficient (Wildman–Crippen LogP) is 3.30. The summed E-state index contributed by atoms with van der Waals surface area (Å²) in [6.07, 6.45) is 4.92. The van der Waals surface area contributed by atoms with E-state index in [0.717, 1.165) is 24.4 Å². The fourth-order valence-corrected chi connectivity index (χ4v) is 5.19. The van der Waals surface area contributed by atoms with Crippen molar-refractivity contribution in [3.63, 3.8) is 0 Å². The van der Waals surface area contributed by atoms with Crippen LogP contribution in [0.1, 0.15) is 24.4 Å². The van der Waals surface area contributed by atoms with Crippen molar-refractivity contribution in [1.29, 1.82) is 0 Å². The highest BCUT2D eigenvalue weighted by atomic mass is 32.2. The molecule has 0 aliphatic carbocycles. The minimum atomic E-state index is -3.54. The van der Waals surface area contributed by atoms with Crippen LogP contribution in [0.2, 0.25) is 0 Å². The summed E-state index contributed by atoms with van der Waals surface area (Å²) in [5.74, 6) is 1.21. The minimum Gasteiger partial charge on any atom is -0.468 e. The van der Waals surface area contributed by atoms with Gasteiger partial charge >= 0.3 is 0 Å². The van der Waals surface area contributed by atoms with E-state index in [1.807, 2.05) is 17.0 Å². The second-order valence-corrected chi connectivity index (χ2v) is 9.43. The van der Waals surface area contributed by atoms with Crippen LogP contribution in [0.25, 0.3) is 0 Å². The van der Waals surface area contributed by atoms with E-state index < -0.39 is 10.0 Å². The molecule has 3 aromatic rings. The molecule has 1 aromatic carbocycles. The Balaban J connectivity index is 1.43. The molecule has 0 unspecified atom stereocenters. The number of rotatable bonds is 9. The maximum Gasteiger partial charge on any atom is 0.243 e. The zero-order valence-electron chi connectivity index (χ0n) is 17.1. The van der Waals surface area contributed by atoms with E-state index in [-0.39, 0.29) is 17.3 Å². The molecule has 0 spiro atoms. The van der Waals surface area contributed by atoms with Crippen LogP contribution in [0.4, 0.5) is 5.69 Å². The smallest absolute Gasteiger partial charge is 0.243 e. The molecule has 1 N–H and O–H groups in total. The molecule has 8 nitrogen and oxygen atoms in total. The highest BCUT2D eigenvalue weighted by Crippen LogP contribution is 2.23. The normalized spacial score (nSPS) is 14.9. The van der Waals surface area contributed by atoms with Gasteiger partial charge in [0.1, 0.15) is 11.5 Å². The standard InChI is InChI=1S/C22H25N3O5S/c26-22(17-24(15-19-7-4-12-29-19)16-20-8-5-13-30-20)23-18-6-3-9-21(14-18)31(27,28)25-10-1-2-11-25/h3-9,12-14H,1-2,10-11,15-17H2,(H,23,26). The van der Waals surface area contributed by atoms with Crippen LogP contribution in [-0.2, 0) is 27.9 Å². The van der Waals surface area contributed by atoms with Crippen molar-refractivity contribution in [2.45, 2.75) is 30.8 Å². The molecule has 0 radical (unpaired) electrons. The predicted molar refractivity (Wildman–Crippen MR) is 115 cm³/mol. The molecule has 164 valence electrons. The maximum atomic E-state index is 12.8. The van der Waals surface area contributed by atoms with Crippen molar-refractivity contribution in [3.05, 3.63) is 72.6 Å². The van der Waals surface area contributed by atoms with Crippen LogP contribution in [0.3, 0.4) is 0 Å². The summed E-state index contributed by atoms with van der Waals surface area (Å²) in [6.45, 7) is 2.03. The number of amides is 1. The molecule has 4 rings (SSSR count). The lowest BCUT2D eigenvalue weighted by Gasteiger charge is -2.20. The molecule has 0 saturated carbocycles. The van der Waals surface area contributed by atoms with Crippen LogP contribution in [0.5, 0.6) is 0 Å². The summed E-state index contributed by atoms with van der Waals surface area (Å²) in [5.41, 5.74) is 0.446. The second-order valence-electron chi connectivity index (χ2n) is 7.49. The van der Waals surface area contributed by atoms with Crippen LogP contribution in [0.15, 0.2) is 74.8 Å². The number of furan rings is 2. The fourth-order valence-electron chi connectivity index (χ4n) is 3.63. The number of nitrogens with zero attached hydrogens (tertiary/aromatic N) is 2. The summed E-state index contributed by atoms with van der Waals surface area (Å²) < 4.78 is 37.9.